The summed E-state index contributed by atoms with van der Waals surface area (Å²) in [6.07, 6.45) is 1.05. The summed E-state index contributed by atoms with van der Waals surface area (Å²) in [5.74, 6) is 1.14. The van der Waals surface area contributed by atoms with Gasteiger partial charge in [0.05, 0.1) is 17.2 Å². The molecule has 1 fully saturated rings. The first-order chi connectivity index (χ1) is 11.5. The Labute approximate surface area is 147 Å². The van der Waals surface area contributed by atoms with Crippen LogP contribution in [-0.2, 0) is 11.3 Å². The number of amides is 1. The Bertz CT molecular complexity index is 713. The molecule has 0 radical (unpaired) electrons. The fourth-order valence-electron chi connectivity index (χ4n) is 3.24. The van der Waals surface area contributed by atoms with Gasteiger partial charge in [0.1, 0.15) is 4.83 Å². The number of hydrogen-bond acceptors (Lipinski definition) is 4. The first-order valence-corrected chi connectivity index (χ1v) is 9.65. The highest BCUT2D eigenvalue weighted by atomic mass is 32.1. The van der Waals surface area contributed by atoms with Crippen molar-refractivity contribution in [3.8, 4) is 0 Å². The van der Waals surface area contributed by atoms with E-state index >= 15 is 0 Å². The number of fused-ring (bicyclic) bond motifs is 1. The second-order valence-corrected chi connectivity index (χ2v) is 8.09. The lowest BCUT2D eigenvalue weighted by atomic mass is 10.1. The molecule has 0 unspecified atom stereocenters. The first kappa shape index (κ1) is 17.4. The zero-order valence-electron chi connectivity index (χ0n) is 15.0. The Morgan fingerprint density at radius 1 is 1.54 bits per heavy atom. The Morgan fingerprint density at radius 2 is 2.33 bits per heavy atom. The van der Waals surface area contributed by atoms with Crippen molar-refractivity contribution in [1.82, 2.24) is 14.7 Å². The van der Waals surface area contributed by atoms with E-state index in [2.05, 4.69) is 23.6 Å². The Morgan fingerprint density at radius 3 is 2.96 bits per heavy atom. The minimum Gasteiger partial charge on any atom is -0.381 e. The van der Waals surface area contributed by atoms with Gasteiger partial charge in [0.2, 0.25) is 0 Å². The topological polar surface area (TPSA) is 47.4 Å². The number of nitrogens with zero attached hydrogens (tertiary/aromatic N) is 3. The third kappa shape index (κ3) is 3.49. The van der Waals surface area contributed by atoms with Crippen LogP contribution in [0.5, 0.6) is 0 Å². The minimum atomic E-state index is 0.140. The molecule has 0 spiro atoms. The molecule has 0 aliphatic carbocycles. The zero-order valence-corrected chi connectivity index (χ0v) is 15.9. The summed E-state index contributed by atoms with van der Waals surface area (Å²) in [4.78, 5) is 16.8. The van der Waals surface area contributed by atoms with Crippen LogP contribution >= 0.6 is 11.3 Å². The van der Waals surface area contributed by atoms with Crippen molar-refractivity contribution in [1.29, 1.82) is 0 Å². The molecule has 6 heteroatoms. The van der Waals surface area contributed by atoms with Gasteiger partial charge in [0.15, 0.2) is 0 Å². The molecule has 3 heterocycles. The van der Waals surface area contributed by atoms with Crippen molar-refractivity contribution >= 4 is 27.5 Å². The van der Waals surface area contributed by atoms with Gasteiger partial charge in [0.25, 0.3) is 5.91 Å². The van der Waals surface area contributed by atoms with Crippen LogP contribution in [0.3, 0.4) is 0 Å². The van der Waals surface area contributed by atoms with E-state index in [4.69, 9.17) is 4.74 Å². The van der Waals surface area contributed by atoms with Crippen LogP contribution in [0.15, 0.2) is 6.07 Å². The molecule has 1 aliphatic heterocycles. The summed E-state index contributed by atoms with van der Waals surface area (Å²) >= 11 is 1.57. The largest absolute Gasteiger partial charge is 0.381 e. The predicted molar refractivity (Wildman–Crippen MR) is 97.7 cm³/mol. The average Bonchev–Trinajstić information content (AvgIpc) is 3.24. The summed E-state index contributed by atoms with van der Waals surface area (Å²) in [5.41, 5.74) is 1.01. The smallest absolute Gasteiger partial charge is 0.264 e. The zero-order chi connectivity index (χ0) is 17.3. The molecule has 0 saturated carbocycles. The molecule has 0 aromatic carbocycles. The van der Waals surface area contributed by atoms with Crippen LogP contribution in [0.4, 0.5) is 0 Å². The number of ether oxygens (including phenoxy) is 1. The normalized spacial score (nSPS) is 18.0. The highest BCUT2D eigenvalue weighted by molar-refractivity contribution is 7.20. The third-order valence-corrected chi connectivity index (χ3v) is 5.66. The molecular formula is C18H27N3O2S. The monoisotopic (exact) mass is 349 g/mol. The van der Waals surface area contributed by atoms with Gasteiger partial charge in [-0.1, -0.05) is 13.8 Å². The second-order valence-electron chi connectivity index (χ2n) is 7.06. The van der Waals surface area contributed by atoms with Crippen molar-refractivity contribution in [3.05, 3.63) is 16.6 Å². The molecule has 3 rings (SSSR count). The van der Waals surface area contributed by atoms with E-state index in [0.717, 1.165) is 60.1 Å². The fraction of sp³-hybridized carbons (Fsp3) is 0.667. The molecule has 2 aromatic rings. The van der Waals surface area contributed by atoms with Crippen LogP contribution in [0.1, 0.15) is 42.6 Å². The summed E-state index contributed by atoms with van der Waals surface area (Å²) in [5, 5.41) is 5.74. The highest BCUT2D eigenvalue weighted by Crippen LogP contribution is 2.30. The fourth-order valence-corrected chi connectivity index (χ4v) is 4.38. The average molecular weight is 350 g/mol. The Hall–Kier alpha value is -1.40. The number of rotatable bonds is 6. The number of thiophene rings is 1. The summed E-state index contributed by atoms with van der Waals surface area (Å²) in [7, 11) is 0. The van der Waals surface area contributed by atoms with Gasteiger partial charge in [-0.3, -0.25) is 9.48 Å². The lowest BCUT2D eigenvalue weighted by molar-refractivity contribution is 0.0735. The van der Waals surface area contributed by atoms with Gasteiger partial charge in [-0.25, -0.2) is 0 Å². The number of carbonyl (C=O) groups excluding carboxylic acids is 1. The van der Waals surface area contributed by atoms with Gasteiger partial charge in [-0.15, -0.1) is 11.3 Å². The van der Waals surface area contributed by atoms with Crippen molar-refractivity contribution in [2.75, 3.05) is 26.3 Å². The van der Waals surface area contributed by atoms with Gasteiger partial charge >= 0.3 is 0 Å². The molecule has 0 N–H and O–H groups in total. The summed E-state index contributed by atoms with van der Waals surface area (Å²) in [6, 6.07) is 2.02. The van der Waals surface area contributed by atoms with E-state index in [0.29, 0.717) is 11.8 Å². The minimum absolute atomic E-state index is 0.140. The molecule has 1 aliphatic rings. The number of carbonyl (C=O) groups is 1. The molecule has 24 heavy (non-hydrogen) atoms. The second kappa shape index (κ2) is 7.23. The van der Waals surface area contributed by atoms with Gasteiger partial charge in [-0.05, 0) is 32.3 Å². The molecule has 0 bridgehead atoms. The van der Waals surface area contributed by atoms with E-state index in [-0.39, 0.29) is 5.91 Å². The lowest BCUT2D eigenvalue weighted by Gasteiger charge is -2.23. The van der Waals surface area contributed by atoms with Gasteiger partial charge in [0, 0.05) is 37.5 Å². The van der Waals surface area contributed by atoms with Crippen molar-refractivity contribution < 1.29 is 9.53 Å². The molecule has 5 nitrogen and oxygen atoms in total. The van der Waals surface area contributed by atoms with Crippen LogP contribution in [0, 0.1) is 18.8 Å². The maximum Gasteiger partial charge on any atom is 0.264 e. The lowest BCUT2D eigenvalue weighted by Crippen LogP contribution is -2.35. The molecule has 1 saturated heterocycles. The van der Waals surface area contributed by atoms with Gasteiger partial charge < -0.3 is 9.64 Å². The van der Waals surface area contributed by atoms with Crippen LogP contribution in [0.2, 0.25) is 0 Å². The highest BCUT2D eigenvalue weighted by Gasteiger charge is 2.24. The maximum atomic E-state index is 12.9. The molecule has 132 valence electrons. The predicted octanol–water partition coefficient (Wildman–Crippen LogP) is 3.56. The van der Waals surface area contributed by atoms with Crippen molar-refractivity contribution in [2.45, 2.75) is 40.7 Å². The van der Waals surface area contributed by atoms with E-state index in [1.54, 1.807) is 11.3 Å². The quantitative estimate of drug-likeness (QED) is 0.801. The van der Waals surface area contributed by atoms with Crippen LogP contribution in [0.25, 0.3) is 10.2 Å². The van der Waals surface area contributed by atoms with E-state index < -0.39 is 0 Å². The number of hydrogen-bond donors (Lipinski definition) is 0. The first-order valence-electron chi connectivity index (χ1n) is 8.83. The van der Waals surface area contributed by atoms with Gasteiger partial charge in [-0.2, -0.15) is 5.10 Å². The van der Waals surface area contributed by atoms with Crippen LogP contribution < -0.4 is 0 Å². The molecule has 1 amide bonds. The summed E-state index contributed by atoms with van der Waals surface area (Å²) in [6.45, 7) is 12.5. The Balaban J connectivity index is 1.83. The van der Waals surface area contributed by atoms with Crippen molar-refractivity contribution in [2.24, 2.45) is 11.8 Å². The van der Waals surface area contributed by atoms with Crippen LogP contribution in [-0.4, -0.2) is 46.9 Å². The standard InChI is InChI=1S/C18H27N3O2S/c1-5-20(10-14-6-7-23-11-14)17(22)16-8-15-13(4)19-21(9-12(2)3)18(15)24-16/h8,12,14H,5-7,9-11H2,1-4H3/t14-/m0/s1. The number of aryl methyl sites for hydroxylation is 1. The molecule has 2 aromatic heterocycles. The summed E-state index contributed by atoms with van der Waals surface area (Å²) < 4.78 is 7.50. The van der Waals surface area contributed by atoms with E-state index in [1.807, 2.05) is 24.8 Å². The SMILES string of the molecule is CCN(C[C@@H]1CCOC1)C(=O)c1cc2c(C)nn(CC(C)C)c2s1. The Kier molecular flexibility index (Phi) is 5.25. The molecule has 1 atom stereocenters. The molecular weight excluding hydrogens is 322 g/mol. The van der Waals surface area contributed by atoms with Crippen molar-refractivity contribution in [3.63, 3.8) is 0 Å². The maximum absolute atomic E-state index is 12.9. The third-order valence-electron chi connectivity index (χ3n) is 4.53. The van der Waals surface area contributed by atoms with E-state index in [1.165, 1.54) is 0 Å². The number of aromatic nitrogens is 2. The van der Waals surface area contributed by atoms with E-state index in [9.17, 15) is 4.79 Å².